The molecular formula is C66H83Cl2N11O10S2. The number of aliphatic hydroxyl groups excluding tert-OH is 3. The van der Waals surface area contributed by atoms with Gasteiger partial charge in [-0.2, -0.15) is 0 Å². The van der Waals surface area contributed by atoms with Crippen LogP contribution < -0.4 is 54.0 Å². The topological polar surface area (TPSA) is 344 Å². The van der Waals surface area contributed by atoms with Crippen molar-refractivity contribution in [1.29, 1.82) is 0 Å². The lowest BCUT2D eigenvalue weighted by atomic mass is 9.77. The molecule has 6 aromatic rings. The summed E-state index contributed by atoms with van der Waals surface area (Å²) in [4.78, 5) is 103. The molecule has 0 saturated carbocycles. The smallest absolute Gasteiger partial charge is 0.245 e. The third-order valence-electron chi connectivity index (χ3n) is 16.0. The molecule has 5 aromatic carbocycles. The van der Waals surface area contributed by atoms with E-state index in [2.05, 4.69) is 77.9 Å². The van der Waals surface area contributed by atoms with Gasteiger partial charge in [-0.05, 0) is 118 Å². The molecule has 0 bridgehead atoms. The third kappa shape index (κ3) is 20.7. The summed E-state index contributed by atoms with van der Waals surface area (Å²) in [6, 6.07) is 29.7. The number of unbranched alkanes of at least 4 members (excludes halogenated alkanes) is 1. The summed E-state index contributed by atoms with van der Waals surface area (Å²) in [5, 5.41) is 55.2. The van der Waals surface area contributed by atoms with Crippen LogP contribution in [0.3, 0.4) is 0 Å². The molecule has 1 unspecified atom stereocenters. The number of halogens is 2. The van der Waals surface area contributed by atoms with Crippen molar-refractivity contribution in [3.05, 3.63) is 177 Å². The highest BCUT2D eigenvalue weighted by Crippen LogP contribution is 2.42. The predicted molar refractivity (Wildman–Crippen MR) is 358 cm³/mol. The molecule has 1 fully saturated rings. The lowest BCUT2D eigenvalue weighted by molar-refractivity contribution is -0.136. The third-order valence-corrected chi connectivity index (χ3v) is 19.2. The number of aromatic nitrogens is 1. The maximum atomic E-state index is 14.7. The number of carbonyl (C=O) groups excluding carboxylic acids is 7. The first-order chi connectivity index (χ1) is 43.8. The molecule has 12 atom stereocenters. The average molecular weight is 1330 g/mol. The second kappa shape index (κ2) is 35.7. The Balaban J connectivity index is 0.000000492. The molecule has 2 heterocycles. The van der Waals surface area contributed by atoms with Gasteiger partial charge in [0.1, 0.15) is 36.3 Å². The lowest BCUT2D eigenvalue weighted by Crippen LogP contribution is -2.62. The van der Waals surface area contributed by atoms with Gasteiger partial charge in [-0.25, -0.2) is 0 Å². The van der Waals surface area contributed by atoms with Gasteiger partial charge in [0.25, 0.3) is 0 Å². The summed E-state index contributed by atoms with van der Waals surface area (Å²) < 4.78 is 0. The van der Waals surface area contributed by atoms with E-state index in [0.717, 1.165) is 50.9 Å². The van der Waals surface area contributed by atoms with E-state index in [1.165, 1.54) is 30.5 Å². The molecule has 25 heteroatoms. The van der Waals surface area contributed by atoms with Gasteiger partial charge < -0.3 is 74.3 Å². The first-order valence-electron chi connectivity index (χ1n) is 30.4. The van der Waals surface area contributed by atoms with Crippen molar-refractivity contribution in [3.63, 3.8) is 0 Å². The summed E-state index contributed by atoms with van der Waals surface area (Å²) >= 11 is 12.2. The number of nitrogens with two attached hydrogens (primary N) is 2. The normalized spacial score (nSPS) is 22.5. The molecule has 488 valence electrons. The largest absolute Gasteiger partial charge is 0.394 e. The summed E-state index contributed by atoms with van der Waals surface area (Å²) in [6.45, 7) is 2.23. The zero-order valence-corrected chi connectivity index (χ0v) is 54.2. The Morgan fingerprint density at radius 3 is 1.95 bits per heavy atom. The second-order valence-electron chi connectivity index (χ2n) is 22.7. The molecule has 21 nitrogen and oxygen atoms in total. The fourth-order valence-corrected chi connectivity index (χ4v) is 13.5. The Hall–Kier alpha value is -7.03. The number of aliphatic hydroxyl groups is 3. The number of hydrogen-bond acceptors (Lipinski definition) is 15. The van der Waals surface area contributed by atoms with Crippen LogP contribution in [-0.4, -0.2) is 154 Å². The van der Waals surface area contributed by atoms with Gasteiger partial charge in [0.2, 0.25) is 41.4 Å². The highest BCUT2D eigenvalue weighted by molar-refractivity contribution is 8.76. The maximum Gasteiger partial charge on any atom is 0.245 e. The van der Waals surface area contributed by atoms with Gasteiger partial charge in [0, 0.05) is 53.4 Å². The number of benzene rings is 5. The van der Waals surface area contributed by atoms with E-state index in [-0.39, 0.29) is 43.7 Å². The fraction of sp³-hybridized carbons (Fsp3) is 0.409. The molecule has 16 N–H and O–H groups in total. The van der Waals surface area contributed by atoms with Crippen molar-refractivity contribution in [2.75, 3.05) is 31.7 Å². The SMILES string of the molecule is CC(O)[C@@H]1NC(=O)[C@H](CCCCN)NC(=O)[C@@H](Cc2c[nH]c3ccccc23)NC(=O)[C@H](Cc2ccccc2)NC(=O)[C@@H](NC(=O)[C@H](N)Cc2ccccc2)CSSC[C@@H](C(=O)N[C@H](CO)[C@@H](C)O)NC1=O.CN[C@H]1CC[C@@H](c2ccc(Cl)c(Cl)c2)c2ccccc21. The predicted octanol–water partition coefficient (Wildman–Crippen LogP) is 4.37. The summed E-state index contributed by atoms with van der Waals surface area (Å²) in [5.41, 5.74) is 19.1. The lowest BCUT2D eigenvalue weighted by Gasteiger charge is -2.32. The molecule has 8 rings (SSSR count). The number of rotatable bonds is 19. The molecule has 0 radical (unpaired) electrons. The number of para-hydroxylation sites is 1. The minimum atomic E-state index is -1.66. The molecule has 1 aliphatic heterocycles. The zero-order valence-electron chi connectivity index (χ0n) is 51.0. The monoisotopic (exact) mass is 1320 g/mol. The van der Waals surface area contributed by atoms with Crippen LogP contribution in [0.2, 0.25) is 10.0 Å². The number of nitrogens with one attached hydrogen (secondary N) is 9. The van der Waals surface area contributed by atoms with Crippen LogP contribution in [0, 0.1) is 0 Å². The van der Waals surface area contributed by atoms with Crippen LogP contribution in [0.4, 0.5) is 0 Å². The van der Waals surface area contributed by atoms with Gasteiger partial charge in [-0.1, -0.05) is 154 Å². The average Bonchev–Trinajstić information content (AvgIpc) is 0.938. The molecule has 91 heavy (non-hydrogen) atoms. The Bertz CT molecular complexity index is 3390. The molecular weight excluding hydrogens is 1240 g/mol. The van der Waals surface area contributed by atoms with Crippen LogP contribution in [-0.2, 0) is 52.8 Å². The highest BCUT2D eigenvalue weighted by atomic mass is 35.5. The first-order valence-corrected chi connectivity index (χ1v) is 33.7. The Kier molecular flexibility index (Phi) is 28.0. The molecule has 1 aromatic heterocycles. The minimum Gasteiger partial charge on any atom is -0.394 e. The van der Waals surface area contributed by atoms with Crippen molar-refractivity contribution in [2.45, 2.75) is 138 Å². The Morgan fingerprint density at radius 2 is 1.29 bits per heavy atom. The van der Waals surface area contributed by atoms with E-state index in [1.807, 2.05) is 49.5 Å². The second-order valence-corrected chi connectivity index (χ2v) is 26.1. The molecule has 1 aliphatic carbocycles. The maximum absolute atomic E-state index is 14.7. The number of carbonyl (C=O) groups is 7. The summed E-state index contributed by atoms with van der Waals surface area (Å²) in [5.74, 6) is -5.60. The standard InChI is InChI=1S/C49H66N10O10S2.C17H17Cl2N/c1-28(61)39(25-60)56-48(68)41-27-71-70-26-40(57-43(63)34(51)21-30-13-5-3-6-14-30)47(67)54-37(22-31-15-7-4-8-16-31)45(65)55-38(23-32-24-52-35-18-10-9-17-33(32)35)46(66)53-36(19-11-12-20-50)44(64)59-42(29(2)62)49(69)58-41;1-20-17-9-7-12(13-4-2-3-5-14(13)17)11-6-8-15(18)16(19)10-11/h3-10,13-18,24,28-29,34,36-42,52,60-62H,11-12,19-23,25-27,50-51H2,1-2H3,(H,53,66)(H,54,67)(H,55,65)(H,56,68)(H,57,63)(H,58,69)(H,59,64);2-6,8,10,12,17,20H,7,9H2,1H3/t28-,29?,34-,36+,37+,38-,39-,40+,41+,42+;12-,17-/m10/s1. The van der Waals surface area contributed by atoms with Crippen LogP contribution >= 0.6 is 44.8 Å². The van der Waals surface area contributed by atoms with E-state index in [1.54, 1.807) is 60.8 Å². The van der Waals surface area contributed by atoms with Gasteiger partial charge in [-0.15, -0.1) is 0 Å². The van der Waals surface area contributed by atoms with Gasteiger partial charge >= 0.3 is 0 Å². The minimum absolute atomic E-state index is 0.0340. The Labute approximate surface area is 548 Å². The van der Waals surface area contributed by atoms with Crippen molar-refractivity contribution >= 4 is 97.0 Å². The van der Waals surface area contributed by atoms with Gasteiger partial charge in [-0.3, -0.25) is 33.6 Å². The summed E-state index contributed by atoms with van der Waals surface area (Å²) in [7, 11) is 4.09. The number of hydrogen-bond donors (Lipinski definition) is 14. The molecule has 7 amide bonds. The molecule has 1 saturated heterocycles. The fourth-order valence-electron chi connectivity index (χ4n) is 10.9. The van der Waals surface area contributed by atoms with Crippen molar-refractivity contribution < 1.29 is 48.9 Å². The first kappa shape index (κ1) is 71.4. The van der Waals surface area contributed by atoms with Gasteiger partial charge in [0.15, 0.2) is 0 Å². The van der Waals surface area contributed by atoms with Crippen LogP contribution in [0.5, 0.6) is 0 Å². The van der Waals surface area contributed by atoms with E-state index in [4.69, 9.17) is 34.7 Å². The van der Waals surface area contributed by atoms with E-state index >= 15 is 0 Å². The van der Waals surface area contributed by atoms with E-state index < -0.39 is 108 Å². The molecule has 2 aliphatic rings. The number of aromatic amines is 1. The Morgan fingerprint density at radius 1 is 0.670 bits per heavy atom. The summed E-state index contributed by atoms with van der Waals surface area (Å²) in [6.07, 6.45) is 2.11. The van der Waals surface area contributed by atoms with Crippen molar-refractivity contribution in [2.24, 2.45) is 11.5 Å². The van der Waals surface area contributed by atoms with E-state index in [0.29, 0.717) is 46.0 Å². The van der Waals surface area contributed by atoms with Crippen LogP contribution in [0.25, 0.3) is 10.9 Å². The number of H-pyrrole nitrogens is 1. The highest BCUT2D eigenvalue weighted by Gasteiger charge is 2.37. The van der Waals surface area contributed by atoms with E-state index in [9.17, 15) is 48.9 Å². The number of fused-ring (bicyclic) bond motifs is 2. The van der Waals surface area contributed by atoms with Crippen LogP contribution in [0.15, 0.2) is 134 Å². The number of amides is 7. The van der Waals surface area contributed by atoms with Gasteiger partial charge in [0.05, 0.1) is 40.9 Å². The molecule has 0 spiro atoms. The quantitative estimate of drug-likeness (QED) is 0.0395. The van der Waals surface area contributed by atoms with Crippen molar-refractivity contribution in [1.82, 2.24) is 47.5 Å². The van der Waals surface area contributed by atoms with Crippen molar-refractivity contribution in [3.8, 4) is 0 Å². The van der Waals surface area contributed by atoms with Crippen LogP contribution in [0.1, 0.15) is 91.3 Å². The zero-order chi connectivity index (χ0) is 65.6.